The van der Waals surface area contributed by atoms with Crippen LogP contribution in [-0.2, 0) is 0 Å². The third-order valence-corrected chi connectivity index (χ3v) is 5.65. The molecule has 1 aliphatic rings. The minimum atomic E-state index is -1.14. The van der Waals surface area contributed by atoms with Crippen molar-refractivity contribution in [1.82, 2.24) is 4.98 Å². The number of aromatic carboxylic acids is 1. The van der Waals surface area contributed by atoms with Crippen LogP contribution in [0.5, 0.6) is 5.75 Å². The van der Waals surface area contributed by atoms with Gasteiger partial charge in [-0.15, -0.1) is 0 Å². The molecule has 1 saturated carbocycles. The number of carboxylic acids is 1. The predicted octanol–water partition coefficient (Wildman–Crippen LogP) is 5.46. The van der Waals surface area contributed by atoms with Crippen LogP contribution in [0.25, 0.3) is 11.1 Å². The third-order valence-electron chi connectivity index (χ3n) is 5.65. The van der Waals surface area contributed by atoms with Gasteiger partial charge in [0, 0.05) is 23.5 Å². The molecule has 3 aromatic rings. The molecule has 8 heteroatoms. The van der Waals surface area contributed by atoms with Gasteiger partial charge in [0.15, 0.2) is 11.6 Å². The third kappa shape index (κ3) is 5.00. The number of pyridine rings is 1. The Hall–Kier alpha value is -3.81. The molecule has 1 amide bonds. The minimum Gasteiger partial charge on any atom is -0.487 e. The Balaban J connectivity index is 1.54. The molecule has 1 heterocycles. The Labute approximate surface area is 189 Å². The summed E-state index contributed by atoms with van der Waals surface area (Å²) >= 11 is 0. The van der Waals surface area contributed by atoms with Gasteiger partial charge in [-0.2, -0.15) is 0 Å². The summed E-state index contributed by atoms with van der Waals surface area (Å²) in [4.78, 5) is 28.2. The molecule has 1 aromatic heterocycles. The number of nitrogens with zero attached hydrogens (tertiary/aromatic N) is 1. The molecule has 2 N–H and O–H groups in total. The van der Waals surface area contributed by atoms with Crippen LogP contribution >= 0.6 is 0 Å². The number of rotatable bonds is 7. The van der Waals surface area contributed by atoms with E-state index in [0.29, 0.717) is 22.7 Å². The highest BCUT2D eigenvalue weighted by Gasteiger charge is 2.30. The zero-order valence-electron chi connectivity index (χ0n) is 18.1. The van der Waals surface area contributed by atoms with Crippen LogP contribution in [0.3, 0.4) is 0 Å². The van der Waals surface area contributed by atoms with Gasteiger partial charge in [0.1, 0.15) is 5.82 Å². The first-order chi connectivity index (χ1) is 15.7. The lowest BCUT2D eigenvalue weighted by Gasteiger charge is -2.15. The monoisotopic (exact) mass is 452 g/mol. The molecule has 0 bridgehead atoms. The van der Waals surface area contributed by atoms with Gasteiger partial charge in [-0.3, -0.25) is 9.78 Å². The minimum absolute atomic E-state index is 0.0108. The van der Waals surface area contributed by atoms with Gasteiger partial charge in [0.05, 0.1) is 22.9 Å². The molecule has 170 valence electrons. The number of amides is 1. The second-order valence-electron chi connectivity index (χ2n) is 8.12. The van der Waals surface area contributed by atoms with E-state index < -0.39 is 23.5 Å². The topological polar surface area (TPSA) is 88.5 Å². The summed E-state index contributed by atoms with van der Waals surface area (Å²) in [5, 5.41) is 11.8. The highest BCUT2D eigenvalue weighted by Crippen LogP contribution is 2.35. The molecule has 0 aliphatic heterocycles. The van der Waals surface area contributed by atoms with E-state index in [1.807, 2.05) is 6.92 Å². The average molecular weight is 452 g/mol. The summed E-state index contributed by atoms with van der Waals surface area (Å²) in [5.41, 5.74) is 1.07. The molecule has 0 saturated heterocycles. The number of hydrogen-bond acceptors (Lipinski definition) is 4. The van der Waals surface area contributed by atoms with Crippen molar-refractivity contribution >= 4 is 17.6 Å². The number of aryl methyl sites for hydroxylation is 1. The van der Waals surface area contributed by atoms with Gasteiger partial charge in [-0.1, -0.05) is 6.07 Å². The maximum atomic E-state index is 14.4. The molecular weight excluding hydrogens is 430 g/mol. The van der Waals surface area contributed by atoms with Gasteiger partial charge in [0.25, 0.3) is 5.91 Å². The summed E-state index contributed by atoms with van der Waals surface area (Å²) in [5.74, 6) is -2.76. The number of carbonyl (C=O) groups excluding carboxylic acids is 1. The quantitative estimate of drug-likeness (QED) is 0.497. The SMILES string of the molecule is Cc1ncc(-c2ccc(F)c(C(=O)Nc3ccc(OC(C)C4CC4)c(F)c3)c2)cc1C(=O)O. The molecule has 0 spiro atoms. The zero-order chi connectivity index (χ0) is 23.7. The van der Waals surface area contributed by atoms with Crippen LogP contribution in [0, 0.1) is 24.5 Å². The first kappa shape index (κ1) is 22.4. The molecule has 4 rings (SSSR count). The van der Waals surface area contributed by atoms with Crippen LogP contribution in [0.15, 0.2) is 48.7 Å². The number of benzene rings is 2. The lowest BCUT2D eigenvalue weighted by atomic mass is 10.0. The number of aromatic nitrogens is 1. The molecular formula is C25H22F2N2O4. The summed E-state index contributed by atoms with van der Waals surface area (Å²) in [6.45, 7) is 3.46. The van der Waals surface area contributed by atoms with Gasteiger partial charge >= 0.3 is 5.97 Å². The molecule has 1 unspecified atom stereocenters. The second kappa shape index (κ2) is 8.97. The van der Waals surface area contributed by atoms with E-state index >= 15 is 0 Å². The van der Waals surface area contributed by atoms with Crippen LogP contribution < -0.4 is 10.1 Å². The van der Waals surface area contributed by atoms with E-state index in [1.54, 1.807) is 6.92 Å². The Morgan fingerprint density at radius 2 is 1.79 bits per heavy atom. The Bertz CT molecular complexity index is 1240. The van der Waals surface area contributed by atoms with Crippen molar-refractivity contribution < 1.29 is 28.2 Å². The van der Waals surface area contributed by atoms with Crippen molar-refractivity contribution in [2.45, 2.75) is 32.8 Å². The molecule has 6 nitrogen and oxygen atoms in total. The lowest BCUT2D eigenvalue weighted by molar-refractivity contribution is 0.0695. The normalized spacial score (nSPS) is 13.9. The number of carbonyl (C=O) groups is 2. The fraction of sp³-hybridized carbons (Fsp3) is 0.240. The highest BCUT2D eigenvalue weighted by atomic mass is 19.1. The zero-order valence-corrected chi connectivity index (χ0v) is 18.1. The number of anilines is 1. The largest absolute Gasteiger partial charge is 0.487 e. The van der Waals surface area contributed by atoms with E-state index in [0.717, 1.165) is 25.0 Å². The Morgan fingerprint density at radius 1 is 1.06 bits per heavy atom. The molecule has 1 atom stereocenters. The van der Waals surface area contributed by atoms with Crippen molar-refractivity contribution in [2.75, 3.05) is 5.32 Å². The van der Waals surface area contributed by atoms with Crippen molar-refractivity contribution in [2.24, 2.45) is 5.92 Å². The van der Waals surface area contributed by atoms with E-state index in [1.165, 1.54) is 36.5 Å². The van der Waals surface area contributed by atoms with Crippen molar-refractivity contribution in [1.29, 1.82) is 0 Å². The fourth-order valence-corrected chi connectivity index (χ4v) is 3.52. The average Bonchev–Trinajstić information content (AvgIpc) is 3.62. The van der Waals surface area contributed by atoms with Crippen molar-refractivity contribution in [3.63, 3.8) is 0 Å². The first-order valence-electron chi connectivity index (χ1n) is 10.5. The van der Waals surface area contributed by atoms with Gasteiger partial charge in [0.2, 0.25) is 0 Å². The molecule has 2 aromatic carbocycles. The van der Waals surface area contributed by atoms with Crippen LogP contribution in [0.4, 0.5) is 14.5 Å². The van der Waals surface area contributed by atoms with E-state index in [2.05, 4.69) is 10.3 Å². The van der Waals surface area contributed by atoms with E-state index in [4.69, 9.17) is 4.74 Å². The number of ether oxygens (including phenoxy) is 1. The first-order valence-corrected chi connectivity index (χ1v) is 10.5. The predicted molar refractivity (Wildman–Crippen MR) is 118 cm³/mol. The maximum Gasteiger partial charge on any atom is 0.337 e. The van der Waals surface area contributed by atoms with Gasteiger partial charge in [-0.05, 0) is 68.5 Å². The molecule has 1 aliphatic carbocycles. The summed E-state index contributed by atoms with van der Waals surface area (Å²) < 4.78 is 34.5. The summed E-state index contributed by atoms with van der Waals surface area (Å²) in [6.07, 6.45) is 3.50. The van der Waals surface area contributed by atoms with Crippen molar-refractivity contribution in [3.05, 3.63) is 77.1 Å². The van der Waals surface area contributed by atoms with E-state index in [9.17, 15) is 23.5 Å². The number of carboxylic acid groups (broad SMARTS) is 1. The number of nitrogens with one attached hydrogen (secondary N) is 1. The maximum absolute atomic E-state index is 14.4. The smallest absolute Gasteiger partial charge is 0.337 e. The Kier molecular flexibility index (Phi) is 6.09. The summed E-state index contributed by atoms with van der Waals surface area (Å²) in [6, 6.07) is 9.29. The second-order valence-corrected chi connectivity index (χ2v) is 8.12. The summed E-state index contributed by atoms with van der Waals surface area (Å²) in [7, 11) is 0. The van der Waals surface area contributed by atoms with Gasteiger partial charge < -0.3 is 15.2 Å². The van der Waals surface area contributed by atoms with Gasteiger partial charge in [-0.25, -0.2) is 13.6 Å². The van der Waals surface area contributed by atoms with Crippen molar-refractivity contribution in [3.8, 4) is 16.9 Å². The molecule has 0 radical (unpaired) electrons. The molecule has 1 fully saturated rings. The highest BCUT2D eigenvalue weighted by molar-refractivity contribution is 6.05. The number of hydrogen-bond donors (Lipinski definition) is 2. The number of halogens is 2. The fourth-order valence-electron chi connectivity index (χ4n) is 3.52. The van der Waals surface area contributed by atoms with Crippen LogP contribution in [0.2, 0.25) is 0 Å². The van der Waals surface area contributed by atoms with Crippen LogP contribution in [0.1, 0.15) is 46.2 Å². The van der Waals surface area contributed by atoms with Crippen LogP contribution in [-0.4, -0.2) is 28.1 Å². The standard InChI is InChI=1S/C25H22F2N2O4/c1-13-19(25(31)32)10-17(12-28-13)16-5-7-21(26)20(9-16)24(30)29-18-6-8-23(22(27)11-18)33-14(2)15-3-4-15/h5-12,14-15H,3-4H2,1-2H3,(H,29,30)(H,31,32). The van der Waals surface area contributed by atoms with E-state index in [-0.39, 0.29) is 28.7 Å². The lowest BCUT2D eigenvalue weighted by Crippen LogP contribution is -2.16. The Morgan fingerprint density at radius 3 is 2.45 bits per heavy atom. The molecule has 33 heavy (non-hydrogen) atoms.